The molecule has 0 radical (unpaired) electrons. The Labute approximate surface area is 95.7 Å². The van der Waals surface area contributed by atoms with Gasteiger partial charge < -0.3 is 9.64 Å². The molecule has 0 saturated carbocycles. The second-order valence-corrected chi connectivity index (χ2v) is 4.79. The molecule has 4 nitrogen and oxygen atoms in total. The van der Waals surface area contributed by atoms with Crippen molar-refractivity contribution in [1.82, 2.24) is 14.9 Å². The van der Waals surface area contributed by atoms with Crippen LogP contribution >= 0.6 is 0 Å². The van der Waals surface area contributed by atoms with Crippen LogP contribution in [0.25, 0.3) is 0 Å². The van der Waals surface area contributed by atoms with Gasteiger partial charge in [-0.05, 0) is 26.0 Å². The Morgan fingerprint density at radius 3 is 2.44 bits per heavy atom. The van der Waals surface area contributed by atoms with Crippen molar-refractivity contribution in [3.05, 3.63) is 18.5 Å². The van der Waals surface area contributed by atoms with Crippen molar-refractivity contribution in [2.24, 2.45) is 0 Å². The highest BCUT2D eigenvalue weighted by molar-refractivity contribution is 4.99. The summed E-state index contributed by atoms with van der Waals surface area (Å²) in [7, 11) is 2.23. The first-order valence-corrected chi connectivity index (χ1v) is 5.98. The van der Waals surface area contributed by atoms with Crippen molar-refractivity contribution in [1.29, 1.82) is 0 Å². The molecule has 0 N–H and O–H groups in total. The van der Waals surface area contributed by atoms with Gasteiger partial charge in [-0.3, -0.25) is 0 Å². The van der Waals surface area contributed by atoms with Crippen molar-refractivity contribution in [2.75, 3.05) is 7.05 Å². The highest BCUT2D eigenvalue weighted by atomic mass is 16.5. The Balaban J connectivity index is 1.66. The molecule has 86 valence electrons. The van der Waals surface area contributed by atoms with Gasteiger partial charge in [-0.2, -0.15) is 0 Å². The molecule has 3 rings (SSSR count). The van der Waals surface area contributed by atoms with Gasteiger partial charge in [0.15, 0.2) is 0 Å². The van der Waals surface area contributed by atoms with Crippen LogP contribution in [0.1, 0.15) is 25.7 Å². The minimum Gasteiger partial charge on any atom is -0.460 e. The lowest BCUT2D eigenvalue weighted by Gasteiger charge is -2.35. The third-order valence-electron chi connectivity index (χ3n) is 3.87. The van der Waals surface area contributed by atoms with E-state index in [1.165, 1.54) is 12.8 Å². The summed E-state index contributed by atoms with van der Waals surface area (Å²) in [5.74, 6) is 0. The maximum atomic E-state index is 5.84. The molecule has 2 fully saturated rings. The van der Waals surface area contributed by atoms with Crippen LogP contribution in [0.3, 0.4) is 0 Å². The number of fused-ring (bicyclic) bond motifs is 2. The smallest absolute Gasteiger partial charge is 0.316 e. The van der Waals surface area contributed by atoms with Crippen LogP contribution in [0, 0.1) is 0 Å². The van der Waals surface area contributed by atoms with Crippen LogP contribution in [0.4, 0.5) is 0 Å². The Bertz CT molecular complexity index is 343. The maximum absolute atomic E-state index is 5.84. The summed E-state index contributed by atoms with van der Waals surface area (Å²) in [4.78, 5) is 10.7. The van der Waals surface area contributed by atoms with E-state index in [0.717, 1.165) is 12.8 Å². The molecule has 3 atom stereocenters. The van der Waals surface area contributed by atoms with E-state index in [2.05, 4.69) is 21.9 Å². The normalized spacial score (nSPS) is 33.9. The summed E-state index contributed by atoms with van der Waals surface area (Å²) in [6.45, 7) is 0. The first kappa shape index (κ1) is 10.0. The van der Waals surface area contributed by atoms with Gasteiger partial charge in [-0.1, -0.05) is 0 Å². The lowest BCUT2D eigenvalue weighted by Crippen LogP contribution is -2.44. The summed E-state index contributed by atoms with van der Waals surface area (Å²) in [6.07, 6.45) is 8.62. The molecule has 0 spiro atoms. The zero-order chi connectivity index (χ0) is 11.0. The Morgan fingerprint density at radius 1 is 1.19 bits per heavy atom. The van der Waals surface area contributed by atoms with Gasteiger partial charge in [-0.25, -0.2) is 9.97 Å². The second-order valence-electron chi connectivity index (χ2n) is 4.79. The molecule has 0 aromatic carbocycles. The molecular weight excluding hydrogens is 202 g/mol. The molecule has 3 heterocycles. The van der Waals surface area contributed by atoms with E-state index < -0.39 is 0 Å². The molecule has 2 bridgehead atoms. The lowest BCUT2D eigenvalue weighted by molar-refractivity contribution is 0.0600. The fourth-order valence-electron chi connectivity index (χ4n) is 2.95. The van der Waals surface area contributed by atoms with E-state index in [0.29, 0.717) is 24.2 Å². The lowest BCUT2D eigenvalue weighted by atomic mass is 10.0. The van der Waals surface area contributed by atoms with Gasteiger partial charge >= 0.3 is 6.01 Å². The molecule has 16 heavy (non-hydrogen) atoms. The number of nitrogens with zero attached hydrogens (tertiary/aromatic N) is 3. The summed E-state index contributed by atoms with van der Waals surface area (Å²) < 4.78 is 5.84. The minimum atomic E-state index is 0.302. The number of aromatic nitrogens is 2. The highest BCUT2D eigenvalue weighted by Crippen LogP contribution is 2.35. The van der Waals surface area contributed by atoms with Crippen LogP contribution in [0.2, 0.25) is 0 Å². The van der Waals surface area contributed by atoms with E-state index in [1.54, 1.807) is 12.4 Å². The van der Waals surface area contributed by atoms with E-state index in [9.17, 15) is 0 Å². The van der Waals surface area contributed by atoms with Gasteiger partial charge in [0.05, 0.1) is 0 Å². The third-order valence-corrected chi connectivity index (χ3v) is 3.87. The maximum Gasteiger partial charge on any atom is 0.316 e. The summed E-state index contributed by atoms with van der Waals surface area (Å²) in [5.41, 5.74) is 0. The Kier molecular flexibility index (Phi) is 2.52. The SMILES string of the molecule is CN1[C@@H]2CC[C@H]1C[C@@H](Oc1ncccn1)C2. The summed E-state index contributed by atoms with van der Waals surface area (Å²) in [5, 5.41) is 0. The monoisotopic (exact) mass is 219 g/mol. The van der Waals surface area contributed by atoms with Gasteiger partial charge in [0.25, 0.3) is 0 Å². The quantitative estimate of drug-likeness (QED) is 0.755. The number of rotatable bonds is 2. The minimum absolute atomic E-state index is 0.302. The molecule has 2 saturated heterocycles. The fraction of sp³-hybridized carbons (Fsp3) is 0.667. The van der Waals surface area contributed by atoms with Crippen molar-refractivity contribution >= 4 is 0 Å². The van der Waals surface area contributed by atoms with E-state index in [-0.39, 0.29) is 0 Å². The number of piperidine rings is 1. The van der Waals surface area contributed by atoms with E-state index in [1.807, 2.05) is 6.07 Å². The Morgan fingerprint density at radius 2 is 1.81 bits per heavy atom. The predicted molar refractivity (Wildman–Crippen MR) is 60.3 cm³/mol. The zero-order valence-electron chi connectivity index (χ0n) is 9.54. The van der Waals surface area contributed by atoms with Crippen molar-refractivity contribution in [2.45, 2.75) is 43.9 Å². The van der Waals surface area contributed by atoms with E-state index in [4.69, 9.17) is 4.74 Å². The predicted octanol–water partition coefficient (Wildman–Crippen LogP) is 1.48. The molecule has 0 amide bonds. The van der Waals surface area contributed by atoms with Crippen LogP contribution in [-0.4, -0.2) is 40.1 Å². The topological polar surface area (TPSA) is 38.2 Å². The average molecular weight is 219 g/mol. The number of hydrogen-bond acceptors (Lipinski definition) is 4. The molecule has 2 aliphatic heterocycles. The van der Waals surface area contributed by atoms with Crippen molar-refractivity contribution in [3.63, 3.8) is 0 Å². The molecule has 4 heteroatoms. The Hall–Kier alpha value is -1.16. The van der Waals surface area contributed by atoms with Gasteiger partial charge in [0.2, 0.25) is 0 Å². The summed E-state index contributed by atoms with van der Waals surface area (Å²) >= 11 is 0. The number of ether oxygens (including phenoxy) is 1. The fourth-order valence-corrected chi connectivity index (χ4v) is 2.95. The first-order chi connectivity index (χ1) is 7.83. The van der Waals surface area contributed by atoms with Gasteiger partial charge in [0.1, 0.15) is 6.10 Å². The third kappa shape index (κ3) is 1.78. The standard InChI is InChI=1S/C12H17N3O/c1-15-9-3-4-10(15)8-11(7-9)16-12-13-5-2-6-14-12/h2,5-6,9-11H,3-4,7-8H2,1H3/t9-,10+,11+. The van der Waals surface area contributed by atoms with Crippen LogP contribution in [0.15, 0.2) is 18.5 Å². The molecule has 0 aliphatic carbocycles. The first-order valence-electron chi connectivity index (χ1n) is 5.98. The second kappa shape index (κ2) is 4.01. The average Bonchev–Trinajstić information content (AvgIpc) is 2.54. The molecule has 1 aromatic heterocycles. The van der Waals surface area contributed by atoms with Crippen LogP contribution in [0.5, 0.6) is 6.01 Å². The molecule has 2 aliphatic rings. The van der Waals surface area contributed by atoms with Crippen LogP contribution in [-0.2, 0) is 0 Å². The van der Waals surface area contributed by atoms with Crippen molar-refractivity contribution in [3.8, 4) is 6.01 Å². The van der Waals surface area contributed by atoms with Gasteiger partial charge in [0, 0.05) is 37.3 Å². The zero-order valence-corrected chi connectivity index (χ0v) is 9.54. The van der Waals surface area contributed by atoms with Crippen molar-refractivity contribution < 1.29 is 4.74 Å². The van der Waals surface area contributed by atoms with Gasteiger partial charge in [-0.15, -0.1) is 0 Å². The molecule has 0 unspecified atom stereocenters. The van der Waals surface area contributed by atoms with Crippen LogP contribution < -0.4 is 4.74 Å². The number of hydrogen-bond donors (Lipinski definition) is 0. The van der Waals surface area contributed by atoms with E-state index >= 15 is 0 Å². The molecular formula is C12H17N3O. The molecule has 1 aromatic rings. The highest BCUT2D eigenvalue weighted by Gasteiger charge is 2.39. The largest absolute Gasteiger partial charge is 0.460 e. The summed E-state index contributed by atoms with van der Waals surface area (Å²) in [6, 6.07) is 3.74.